The molecule has 2 atom stereocenters. The molecule has 2 heteroatoms. The molecule has 14 heavy (non-hydrogen) atoms. The molecule has 1 aliphatic rings. The molecule has 0 aromatic heterocycles. The summed E-state index contributed by atoms with van der Waals surface area (Å²) in [6.45, 7) is 8.22. The predicted octanol–water partition coefficient (Wildman–Crippen LogP) is 1.95. The SMILES string of the molecule is C=C(C)CNCC1CCCCC1CO. The number of aliphatic hydroxyl groups is 1. The highest BCUT2D eigenvalue weighted by Crippen LogP contribution is 2.28. The van der Waals surface area contributed by atoms with E-state index in [1.807, 2.05) is 6.92 Å². The molecule has 1 rings (SSSR count). The first-order chi connectivity index (χ1) is 6.74. The molecule has 0 bridgehead atoms. The summed E-state index contributed by atoms with van der Waals surface area (Å²) in [7, 11) is 0. The van der Waals surface area contributed by atoms with Gasteiger partial charge in [-0.05, 0) is 38.1 Å². The van der Waals surface area contributed by atoms with Crippen LogP contribution >= 0.6 is 0 Å². The molecule has 2 unspecified atom stereocenters. The van der Waals surface area contributed by atoms with E-state index in [1.165, 1.54) is 31.3 Å². The third kappa shape index (κ3) is 3.81. The highest BCUT2D eigenvalue weighted by atomic mass is 16.3. The van der Waals surface area contributed by atoms with Crippen LogP contribution in [0.1, 0.15) is 32.6 Å². The fraction of sp³-hybridized carbons (Fsp3) is 0.833. The smallest absolute Gasteiger partial charge is 0.0462 e. The number of hydrogen-bond donors (Lipinski definition) is 2. The van der Waals surface area contributed by atoms with Crippen LogP contribution in [0, 0.1) is 11.8 Å². The molecule has 2 N–H and O–H groups in total. The standard InChI is InChI=1S/C12H23NO/c1-10(2)7-13-8-11-5-3-4-6-12(11)9-14/h11-14H,1,3-9H2,2H3. The summed E-state index contributed by atoms with van der Waals surface area (Å²) in [5, 5.41) is 12.6. The maximum Gasteiger partial charge on any atom is 0.0462 e. The lowest BCUT2D eigenvalue weighted by Crippen LogP contribution is -2.32. The molecule has 0 aliphatic heterocycles. The molecule has 0 amide bonds. The van der Waals surface area contributed by atoms with E-state index in [9.17, 15) is 5.11 Å². The van der Waals surface area contributed by atoms with E-state index >= 15 is 0 Å². The van der Waals surface area contributed by atoms with Gasteiger partial charge in [0.15, 0.2) is 0 Å². The van der Waals surface area contributed by atoms with E-state index in [2.05, 4.69) is 11.9 Å². The van der Waals surface area contributed by atoms with Crippen molar-refractivity contribution in [2.45, 2.75) is 32.6 Å². The van der Waals surface area contributed by atoms with Crippen LogP contribution in [0.4, 0.5) is 0 Å². The van der Waals surface area contributed by atoms with Gasteiger partial charge in [0.2, 0.25) is 0 Å². The molecule has 1 fully saturated rings. The van der Waals surface area contributed by atoms with Crippen molar-refractivity contribution in [3.05, 3.63) is 12.2 Å². The van der Waals surface area contributed by atoms with Gasteiger partial charge >= 0.3 is 0 Å². The quantitative estimate of drug-likeness (QED) is 0.660. The Labute approximate surface area is 87.4 Å². The topological polar surface area (TPSA) is 32.3 Å². The average Bonchev–Trinajstić information content (AvgIpc) is 2.18. The molecule has 0 aromatic rings. The van der Waals surface area contributed by atoms with Crippen LogP contribution in [0.5, 0.6) is 0 Å². The van der Waals surface area contributed by atoms with Crippen LogP contribution in [0.3, 0.4) is 0 Å². The van der Waals surface area contributed by atoms with E-state index in [0.717, 1.165) is 13.1 Å². The number of nitrogens with one attached hydrogen (secondary N) is 1. The van der Waals surface area contributed by atoms with Crippen molar-refractivity contribution >= 4 is 0 Å². The van der Waals surface area contributed by atoms with Crippen LogP contribution in [0.15, 0.2) is 12.2 Å². The van der Waals surface area contributed by atoms with Gasteiger partial charge in [0, 0.05) is 13.2 Å². The van der Waals surface area contributed by atoms with Crippen LogP contribution in [-0.2, 0) is 0 Å². The molecule has 2 nitrogen and oxygen atoms in total. The molecule has 1 aliphatic carbocycles. The summed E-state index contributed by atoms with van der Waals surface area (Å²) in [4.78, 5) is 0. The van der Waals surface area contributed by atoms with Crippen molar-refractivity contribution in [2.24, 2.45) is 11.8 Å². The van der Waals surface area contributed by atoms with Crippen LogP contribution in [0.2, 0.25) is 0 Å². The maximum absolute atomic E-state index is 9.22. The lowest BCUT2D eigenvalue weighted by atomic mass is 9.79. The Hall–Kier alpha value is -0.340. The van der Waals surface area contributed by atoms with Gasteiger partial charge in [-0.3, -0.25) is 0 Å². The molecular weight excluding hydrogens is 174 g/mol. The Morgan fingerprint density at radius 3 is 2.57 bits per heavy atom. The molecule has 0 heterocycles. The van der Waals surface area contributed by atoms with Gasteiger partial charge in [0.05, 0.1) is 0 Å². The minimum atomic E-state index is 0.361. The summed E-state index contributed by atoms with van der Waals surface area (Å²) in [6.07, 6.45) is 5.10. The second-order valence-corrected chi connectivity index (χ2v) is 4.58. The highest BCUT2D eigenvalue weighted by molar-refractivity contribution is 4.91. The molecule has 0 aromatic carbocycles. The fourth-order valence-electron chi connectivity index (χ4n) is 2.26. The summed E-state index contributed by atoms with van der Waals surface area (Å²) in [6, 6.07) is 0. The Morgan fingerprint density at radius 2 is 2.00 bits per heavy atom. The normalized spacial score (nSPS) is 27.6. The van der Waals surface area contributed by atoms with Crippen LogP contribution in [0.25, 0.3) is 0 Å². The van der Waals surface area contributed by atoms with Gasteiger partial charge < -0.3 is 10.4 Å². The molecule has 0 saturated heterocycles. The fourth-order valence-corrected chi connectivity index (χ4v) is 2.26. The molecule has 1 saturated carbocycles. The van der Waals surface area contributed by atoms with Gasteiger partial charge in [-0.1, -0.05) is 25.0 Å². The zero-order valence-corrected chi connectivity index (χ0v) is 9.26. The van der Waals surface area contributed by atoms with Gasteiger partial charge in [0.25, 0.3) is 0 Å². The van der Waals surface area contributed by atoms with Crippen molar-refractivity contribution < 1.29 is 5.11 Å². The van der Waals surface area contributed by atoms with Gasteiger partial charge in [-0.15, -0.1) is 0 Å². The van der Waals surface area contributed by atoms with Crippen LogP contribution < -0.4 is 5.32 Å². The van der Waals surface area contributed by atoms with Crippen molar-refractivity contribution in [3.8, 4) is 0 Å². The minimum absolute atomic E-state index is 0.361. The van der Waals surface area contributed by atoms with E-state index in [0.29, 0.717) is 18.4 Å². The number of aliphatic hydroxyl groups excluding tert-OH is 1. The van der Waals surface area contributed by atoms with Gasteiger partial charge in [0.1, 0.15) is 0 Å². The van der Waals surface area contributed by atoms with E-state index in [4.69, 9.17) is 0 Å². The summed E-state index contributed by atoms with van der Waals surface area (Å²) in [5.74, 6) is 1.20. The second kappa shape index (κ2) is 6.20. The molecule has 0 spiro atoms. The first kappa shape index (κ1) is 11.7. The Kier molecular flexibility index (Phi) is 5.20. The van der Waals surface area contributed by atoms with Crippen LogP contribution in [-0.4, -0.2) is 24.8 Å². The van der Waals surface area contributed by atoms with Crippen molar-refractivity contribution in [2.75, 3.05) is 19.7 Å². The maximum atomic E-state index is 9.22. The third-order valence-corrected chi connectivity index (χ3v) is 3.13. The third-order valence-electron chi connectivity index (χ3n) is 3.13. The molecular formula is C12H23NO. The summed E-state index contributed by atoms with van der Waals surface area (Å²) >= 11 is 0. The largest absolute Gasteiger partial charge is 0.396 e. The van der Waals surface area contributed by atoms with Crippen molar-refractivity contribution in [3.63, 3.8) is 0 Å². The Morgan fingerprint density at radius 1 is 1.36 bits per heavy atom. The monoisotopic (exact) mass is 197 g/mol. The van der Waals surface area contributed by atoms with E-state index in [1.54, 1.807) is 0 Å². The minimum Gasteiger partial charge on any atom is -0.396 e. The summed E-state index contributed by atoms with van der Waals surface area (Å²) in [5.41, 5.74) is 1.18. The van der Waals surface area contributed by atoms with E-state index in [-0.39, 0.29) is 0 Å². The second-order valence-electron chi connectivity index (χ2n) is 4.58. The lowest BCUT2D eigenvalue weighted by molar-refractivity contribution is 0.134. The predicted molar refractivity (Wildman–Crippen MR) is 60.2 cm³/mol. The van der Waals surface area contributed by atoms with E-state index < -0.39 is 0 Å². The first-order valence-electron chi connectivity index (χ1n) is 5.70. The van der Waals surface area contributed by atoms with Crippen molar-refractivity contribution in [1.82, 2.24) is 5.32 Å². The van der Waals surface area contributed by atoms with Gasteiger partial charge in [-0.2, -0.15) is 0 Å². The first-order valence-corrected chi connectivity index (χ1v) is 5.70. The lowest BCUT2D eigenvalue weighted by Gasteiger charge is -2.30. The average molecular weight is 197 g/mol. The zero-order valence-electron chi connectivity index (χ0n) is 9.26. The van der Waals surface area contributed by atoms with Crippen molar-refractivity contribution in [1.29, 1.82) is 0 Å². The Bertz CT molecular complexity index is 179. The molecule has 82 valence electrons. The van der Waals surface area contributed by atoms with Gasteiger partial charge in [-0.25, -0.2) is 0 Å². The highest BCUT2D eigenvalue weighted by Gasteiger charge is 2.23. The summed E-state index contributed by atoms with van der Waals surface area (Å²) < 4.78 is 0. The number of rotatable bonds is 5. The number of hydrogen-bond acceptors (Lipinski definition) is 2. The zero-order chi connectivity index (χ0) is 10.4. The Balaban J connectivity index is 2.22. The molecule has 0 radical (unpaired) electrons.